The summed E-state index contributed by atoms with van der Waals surface area (Å²) in [4.78, 5) is 12.8. The van der Waals surface area contributed by atoms with Crippen molar-refractivity contribution >= 4 is 27.8 Å². The fraction of sp³-hybridized carbons (Fsp3) is 0.625. The zero-order valence-corrected chi connectivity index (χ0v) is 13.2. The Labute approximate surface area is 129 Å². The number of nitrogen functional groups attached to an aromatic ring is 1. The molecular formula is C16H21N3OS. The molecule has 0 spiro atoms. The number of nitrogens with one attached hydrogen (secondary N) is 1. The Bertz CT molecular complexity index is 600. The highest BCUT2D eigenvalue weighted by Crippen LogP contribution is 2.45. The van der Waals surface area contributed by atoms with Crippen LogP contribution in [-0.4, -0.2) is 12.3 Å². The van der Waals surface area contributed by atoms with Crippen LogP contribution in [0.1, 0.15) is 60.7 Å². The molecule has 0 unspecified atom stereocenters. The van der Waals surface area contributed by atoms with Crippen LogP contribution in [0, 0.1) is 22.7 Å². The number of thiophene rings is 1. The van der Waals surface area contributed by atoms with Gasteiger partial charge in [0.25, 0.3) is 0 Å². The average molecular weight is 303 g/mol. The molecule has 112 valence electrons. The molecule has 3 rings (SSSR count). The van der Waals surface area contributed by atoms with Gasteiger partial charge in [0.15, 0.2) is 5.78 Å². The molecule has 0 aliphatic heterocycles. The maximum atomic E-state index is 12.2. The van der Waals surface area contributed by atoms with Crippen molar-refractivity contribution in [1.82, 2.24) is 0 Å². The number of nitrogens with zero attached hydrogens (tertiary/aromatic N) is 1. The van der Waals surface area contributed by atoms with Crippen LogP contribution in [0.4, 0.5) is 10.7 Å². The first-order chi connectivity index (χ1) is 10.1. The van der Waals surface area contributed by atoms with E-state index in [1.807, 2.05) is 0 Å². The van der Waals surface area contributed by atoms with E-state index in [1.54, 1.807) is 0 Å². The Morgan fingerprint density at radius 3 is 2.71 bits per heavy atom. The van der Waals surface area contributed by atoms with E-state index < -0.39 is 0 Å². The highest BCUT2D eigenvalue weighted by Gasteiger charge is 2.36. The van der Waals surface area contributed by atoms with Gasteiger partial charge < -0.3 is 11.1 Å². The number of ketones is 1. The Hall–Kier alpha value is -1.54. The molecule has 0 atom stereocenters. The lowest BCUT2D eigenvalue weighted by atomic mass is 9.67. The first-order valence-electron chi connectivity index (χ1n) is 7.70. The van der Waals surface area contributed by atoms with Gasteiger partial charge >= 0.3 is 0 Å². The SMILES string of the molecule is CCC1(CNc2sc(C(=O)C3CC3)c(N)c2C#N)CCC1. The first-order valence-corrected chi connectivity index (χ1v) is 8.52. The smallest absolute Gasteiger partial charge is 0.178 e. The van der Waals surface area contributed by atoms with Crippen molar-refractivity contribution < 1.29 is 4.79 Å². The maximum absolute atomic E-state index is 12.2. The number of Topliss-reactive ketones (excluding diaryl/α,β-unsaturated/α-hetero) is 1. The summed E-state index contributed by atoms with van der Waals surface area (Å²) in [5, 5.41) is 13.5. The molecule has 2 aliphatic carbocycles. The predicted octanol–water partition coefficient (Wildman–Crippen LogP) is 3.79. The van der Waals surface area contributed by atoms with E-state index in [2.05, 4.69) is 18.3 Å². The highest BCUT2D eigenvalue weighted by molar-refractivity contribution is 7.19. The van der Waals surface area contributed by atoms with Crippen LogP contribution in [0.2, 0.25) is 0 Å². The second-order valence-corrected chi connectivity index (χ2v) is 7.38. The van der Waals surface area contributed by atoms with E-state index in [1.165, 1.54) is 30.6 Å². The summed E-state index contributed by atoms with van der Waals surface area (Å²) in [6, 6.07) is 2.16. The topological polar surface area (TPSA) is 78.9 Å². The minimum Gasteiger partial charge on any atom is -0.396 e. The molecule has 1 aromatic rings. The quantitative estimate of drug-likeness (QED) is 0.784. The zero-order valence-electron chi connectivity index (χ0n) is 12.4. The van der Waals surface area contributed by atoms with E-state index in [0.717, 1.165) is 30.8 Å². The molecule has 0 amide bonds. The van der Waals surface area contributed by atoms with Crippen LogP contribution in [-0.2, 0) is 0 Å². The van der Waals surface area contributed by atoms with Crippen molar-refractivity contribution in [3.8, 4) is 6.07 Å². The number of nitrogens with two attached hydrogens (primary N) is 1. The highest BCUT2D eigenvalue weighted by atomic mass is 32.1. The van der Waals surface area contributed by atoms with Crippen molar-refractivity contribution in [2.45, 2.75) is 45.4 Å². The van der Waals surface area contributed by atoms with E-state index in [9.17, 15) is 10.1 Å². The maximum Gasteiger partial charge on any atom is 0.178 e. The lowest BCUT2D eigenvalue weighted by Crippen LogP contribution is -2.35. The summed E-state index contributed by atoms with van der Waals surface area (Å²) >= 11 is 1.36. The fourth-order valence-electron chi connectivity index (χ4n) is 2.99. The van der Waals surface area contributed by atoms with E-state index in [-0.39, 0.29) is 11.7 Å². The third-order valence-electron chi connectivity index (χ3n) is 5.02. The van der Waals surface area contributed by atoms with Crippen LogP contribution >= 0.6 is 11.3 Å². The second-order valence-electron chi connectivity index (χ2n) is 6.36. The number of carbonyl (C=O) groups is 1. The van der Waals surface area contributed by atoms with Crippen LogP contribution in [0.25, 0.3) is 0 Å². The van der Waals surface area contributed by atoms with Gasteiger partial charge in [0, 0.05) is 12.5 Å². The van der Waals surface area contributed by atoms with Gasteiger partial charge in [-0.05, 0) is 37.5 Å². The lowest BCUT2D eigenvalue weighted by Gasteiger charge is -2.41. The normalized spacial score (nSPS) is 19.6. The third-order valence-corrected chi connectivity index (χ3v) is 6.19. The standard InChI is InChI=1S/C16H21N3OS/c1-2-16(6-3-7-16)9-19-15-11(8-17)12(18)14(21-15)13(20)10-4-5-10/h10,19H,2-7,9,18H2,1H3. The molecule has 21 heavy (non-hydrogen) atoms. The van der Waals surface area contributed by atoms with Crippen molar-refractivity contribution in [1.29, 1.82) is 5.26 Å². The molecule has 2 saturated carbocycles. The van der Waals surface area contributed by atoms with Crippen molar-refractivity contribution in [2.75, 3.05) is 17.6 Å². The Morgan fingerprint density at radius 1 is 1.52 bits per heavy atom. The molecule has 0 aromatic carbocycles. The Kier molecular flexibility index (Phi) is 3.66. The van der Waals surface area contributed by atoms with Gasteiger partial charge in [-0.2, -0.15) is 5.26 Å². The van der Waals surface area contributed by atoms with Crippen LogP contribution in [0.3, 0.4) is 0 Å². The molecule has 5 heteroatoms. The summed E-state index contributed by atoms with van der Waals surface area (Å²) in [5.74, 6) is 0.259. The molecule has 1 aromatic heterocycles. The van der Waals surface area contributed by atoms with Gasteiger partial charge in [0.1, 0.15) is 16.6 Å². The lowest BCUT2D eigenvalue weighted by molar-refractivity contribution is 0.0972. The zero-order chi connectivity index (χ0) is 15.0. The van der Waals surface area contributed by atoms with E-state index >= 15 is 0 Å². The molecule has 0 radical (unpaired) electrons. The summed E-state index contributed by atoms with van der Waals surface area (Å²) in [6.45, 7) is 3.09. The van der Waals surface area contributed by atoms with E-state index in [4.69, 9.17) is 5.73 Å². The van der Waals surface area contributed by atoms with Gasteiger partial charge in [0.05, 0.1) is 10.6 Å². The first kappa shape index (κ1) is 14.4. The number of rotatable bonds is 6. The number of nitriles is 1. The van der Waals surface area contributed by atoms with Crippen molar-refractivity contribution in [3.05, 3.63) is 10.4 Å². The van der Waals surface area contributed by atoms with Crippen LogP contribution in [0.15, 0.2) is 0 Å². The molecule has 2 aliphatic rings. The summed E-state index contributed by atoms with van der Waals surface area (Å²) in [7, 11) is 0. The summed E-state index contributed by atoms with van der Waals surface area (Å²) < 4.78 is 0. The number of anilines is 2. The van der Waals surface area contributed by atoms with Gasteiger partial charge in [-0.15, -0.1) is 11.3 Å². The number of hydrogen-bond acceptors (Lipinski definition) is 5. The molecule has 1 heterocycles. The minimum absolute atomic E-state index is 0.121. The van der Waals surface area contributed by atoms with Crippen LogP contribution in [0.5, 0.6) is 0 Å². The Balaban J connectivity index is 1.79. The average Bonchev–Trinajstić information content (AvgIpc) is 3.23. The number of carbonyl (C=O) groups excluding carboxylic acids is 1. The largest absolute Gasteiger partial charge is 0.396 e. The molecule has 0 bridgehead atoms. The predicted molar refractivity (Wildman–Crippen MR) is 85.6 cm³/mol. The Morgan fingerprint density at radius 2 is 2.24 bits per heavy atom. The second kappa shape index (κ2) is 5.34. The van der Waals surface area contributed by atoms with Crippen LogP contribution < -0.4 is 11.1 Å². The summed E-state index contributed by atoms with van der Waals surface area (Å²) in [6.07, 6.45) is 6.84. The monoisotopic (exact) mass is 303 g/mol. The van der Waals surface area contributed by atoms with Gasteiger partial charge in [-0.3, -0.25) is 4.79 Å². The molecular weight excluding hydrogens is 282 g/mol. The van der Waals surface area contributed by atoms with Gasteiger partial charge in [-0.1, -0.05) is 13.3 Å². The van der Waals surface area contributed by atoms with Crippen molar-refractivity contribution in [2.24, 2.45) is 11.3 Å². The summed E-state index contributed by atoms with van der Waals surface area (Å²) in [5.41, 5.74) is 7.22. The van der Waals surface area contributed by atoms with E-state index in [0.29, 0.717) is 21.5 Å². The minimum atomic E-state index is 0.121. The van der Waals surface area contributed by atoms with Gasteiger partial charge in [-0.25, -0.2) is 0 Å². The molecule has 2 fully saturated rings. The van der Waals surface area contributed by atoms with Crippen molar-refractivity contribution in [3.63, 3.8) is 0 Å². The third kappa shape index (κ3) is 2.53. The molecule has 3 N–H and O–H groups in total. The van der Waals surface area contributed by atoms with Gasteiger partial charge in [0.2, 0.25) is 0 Å². The number of hydrogen-bond donors (Lipinski definition) is 2. The fourth-order valence-corrected chi connectivity index (χ4v) is 4.08. The molecule has 4 nitrogen and oxygen atoms in total. The molecule has 0 saturated heterocycles.